The molecule has 1 fully saturated rings. The molecule has 23 heavy (non-hydrogen) atoms. The average molecular weight is 310 g/mol. The maximum Gasteiger partial charge on any atom is 0.165 e. The minimum Gasteiger partial charge on any atom is -0.508 e. The average Bonchev–Trinajstić information content (AvgIpc) is 3.21. The molecule has 4 rings (SSSR count). The molecule has 3 heterocycles. The molecule has 1 atom stereocenters. The van der Waals surface area contributed by atoms with Crippen molar-refractivity contribution >= 4 is 11.5 Å². The molecule has 3 aromatic rings. The number of phenols is 1. The zero-order valence-electron chi connectivity index (χ0n) is 12.6. The van der Waals surface area contributed by atoms with Gasteiger partial charge in [-0.1, -0.05) is 12.1 Å². The van der Waals surface area contributed by atoms with Crippen molar-refractivity contribution in [1.29, 1.82) is 0 Å². The standard InChI is InChI=1S/C17H18N4O2/c22-11-13-4-2-8-20(13)16-6-7-18-17-15(10-19-21(16)17)12-3-1-5-14(23)9-12/h1,3,5-7,9-10,13,22-23H,2,4,8,11H2/t13-/m0/s1. The Morgan fingerprint density at radius 2 is 2.17 bits per heavy atom. The normalized spacial score (nSPS) is 18.0. The lowest BCUT2D eigenvalue weighted by atomic mass is 10.1. The van der Waals surface area contributed by atoms with Gasteiger partial charge in [-0.05, 0) is 36.6 Å². The van der Waals surface area contributed by atoms with E-state index in [4.69, 9.17) is 0 Å². The van der Waals surface area contributed by atoms with Crippen LogP contribution in [0.5, 0.6) is 5.75 Å². The molecule has 0 aliphatic carbocycles. The van der Waals surface area contributed by atoms with Crippen molar-refractivity contribution in [2.24, 2.45) is 0 Å². The van der Waals surface area contributed by atoms with Gasteiger partial charge in [0.25, 0.3) is 0 Å². The summed E-state index contributed by atoms with van der Waals surface area (Å²) in [6, 6.07) is 9.15. The Morgan fingerprint density at radius 3 is 3.00 bits per heavy atom. The summed E-state index contributed by atoms with van der Waals surface area (Å²) < 4.78 is 1.81. The molecule has 0 saturated carbocycles. The zero-order valence-corrected chi connectivity index (χ0v) is 12.6. The van der Waals surface area contributed by atoms with Crippen LogP contribution in [0, 0.1) is 0 Å². The highest BCUT2D eigenvalue weighted by molar-refractivity contribution is 5.78. The lowest BCUT2D eigenvalue weighted by Crippen LogP contribution is -2.33. The SMILES string of the molecule is OC[C@@H]1CCCN1c1ccnc2c(-c3cccc(O)c3)cnn12. The fraction of sp³-hybridized carbons (Fsp3) is 0.294. The third-order valence-corrected chi connectivity index (χ3v) is 4.42. The van der Waals surface area contributed by atoms with Crippen molar-refractivity contribution in [3.63, 3.8) is 0 Å². The number of aliphatic hydroxyl groups is 1. The van der Waals surface area contributed by atoms with Crippen LogP contribution in [0.15, 0.2) is 42.7 Å². The molecule has 1 saturated heterocycles. The zero-order chi connectivity index (χ0) is 15.8. The molecule has 0 radical (unpaired) electrons. The molecule has 6 heteroatoms. The van der Waals surface area contributed by atoms with Gasteiger partial charge in [0.05, 0.1) is 18.8 Å². The molecule has 2 N–H and O–H groups in total. The number of anilines is 1. The van der Waals surface area contributed by atoms with Crippen LogP contribution in [0.3, 0.4) is 0 Å². The summed E-state index contributed by atoms with van der Waals surface area (Å²) in [4.78, 5) is 6.65. The van der Waals surface area contributed by atoms with Crippen LogP contribution in [0.25, 0.3) is 16.8 Å². The van der Waals surface area contributed by atoms with E-state index in [1.54, 1.807) is 30.6 Å². The number of aromatic nitrogens is 3. The number of benzene rings is 1. The largest absolute Gasteiger partial charge is 0.508 e. The minimum atomic E-state index is 0.133. The topological polar surface area (TPSA) is 73.9 Å². The Morgan fingerprint density at radius 1 is 1.26 bits per heavy atom. The Bertz CT molecular complexity index is 845. The van der Waals surface area contributed by atoms with E-state index >= 15 is 0 Å². The van der Waals surface area contributed by atoms with E-state index < -0.39 is 0 Å². The Balaban J connectivity index is 1.84. The lowest BCUT2D eigenvalue weighted by molar-refractivity contribution is 0.265. The van der Waals surface area contributed by atoms with Gasteiger partial charge >= 0.3 is 0 Å². The van der Waals surface area contributed by atoms with Crippen LogP contribution in [0.4, 0.5) is 5.82 Å². The molecule has 1 aliphatic rings. The Hall–Kier alpha value is -2.60. The second-order valence-corrected chi connectivity index (χ2v) is 5.82. The number of aromatic hydroxyl groups is 1. The fourth-order valence-corrected chi connectivity index (χ4v) is 3.30. The number of aliphatic hydroxyl groups excluding tert-OH is 1. The van der Waals surface area contributed by atoms with Crippen molar-refractivity contribution in [2.45, 2.75) is 18.9 Å². The van der Waals surface area contributed by atoms with Crippen LogP contribution < -0.4 is 4.90 Å². The van der Waals surface area contributed by atoms with Gasteiger partial charge in [-0.3, -0.25) is 0 Å². The first-order chi connectivity index (χ1) is 11.3. The second-order valence-electron chi connectivity index (χ2n) is 5.82. The third-order valence-electron chi connectivity index (χ3n) is 4.42. The van der Waals surface area contributed by atoms with E-state index in [2.05, 4.69) is 15.0 Å². The van der Waals surface area contributed by atoms with E-state index in [9.17, 15) is 10.2 Å². The number of phenolic OH excluding ortho intramolecular Hbond substituents is 1. The van der Waals surface area contributed by atoms with Gasteiger partial charge < -0.3 is 15.1 Å². The highest BCUT2D eigenvalue weighted by atomic mass is 16.3. The van der Waals surface area contributed by atoms with E-state index in [-0.39, 0.29) is 18.4 Å². The minimum absolute atomic E-state index is 0.133. The summed E-state index contributed by atoms with van der Waals surface area (Å²) in [5.41, 5.74) is 2.50. The molecule has 0 spiro atoms. The second kappa shape index (κ2) is 5.55. The molecule has 1 aliphatic heterocycles. The first kappa shape index (κ1) is 14.0. The molecular formula is C17H18N4O2. The highest BCUT2D eigenvalue weighted by Crippen LogP contribution is 2.30. The van der Waals surface area contributed by atoms with Crippen LogP contribution in [0.2, 0.25) is 0 Å². The van der Waals surface area contributed by atoms with Crippen molar-refractivity contribution in [2.75, 3.05) is 18.1 Å². The van der Waals surface area contributed by atoms with Crippen LogP contribution in [-0.4, -0.2) is 44.0 Å². The van der Waals surface area contributed by atoms with E-state index in [0.717, 1.165) is 42.0 Å². The molecule has 118 valence electrons. The highest BCUT2D eigenvalue weighted by Gasteiger charge is 2.26. The molecule has 0 bridgehead atoms. The molecule has 6 nitrogen and oxygen atoms in total. The smallest absolute Gasteiger partial charge is 0.165 e. The Labute approximate surface area is 133 Å². The summed E-state index contributed by atoms with van der Waals surface area (Å²) in [7, 11) is 0. The predicted molar refractivity (Wildman–Crippen MR) is 87.5 cm³/mol. The van der Waals surface area contributed by atoms with E-state index in [1.165, 1.54) is 0 Å². The van der Waals surface area contributed by atoms with Crippen molar-refractivity contribution in [3.8, 4) is 16.9 Å². The summed E-state index contributed by atoms with van der Waals surface area (Å²) >= 11 is 0. The van der Waals surface area contributed by atoms with Crippen molar-refractivity contribution in [1.82, 2.24) is 14.6 Å². The molecular weight excluding hydrogens is 292 g/mol. The van der Waals surface area contributed by atoms with E-state index in [1.807, 2.05) is 16.6 Å². The Kier molecular flexibility index (Phi) is 3.38. The van der Waals surface area contributed by atoms with Gasteiger partial charge in [-0.25, -0.2) is 4.98 Å². The number of nitrogens with zero attached hydrogens (tertiary/aromatic N) is 4. The molecule has 0 amide bonds. The number of hydrogen-bond acceptors (Lipinski definition) is 5. The quantitative estimate of drug-likeness (QED) is 0.774. The summed E-state index contributed by atoms with van der Waals surface area (Å²) in [5, 5.41) is 23.8. The van der Waals surface area contributed by atoms with Crippen LogP contribution in [0.1, 0.15) is 12.8 Å². The number of hydrogen-bond donors (Lipinski definition) is 2. The number of fused-ring (bicyclic) bond motifs is 1. The van der Waals surface area contributed by atoms with Crippen molar-refractivity contribution in [3.05, 3.63) is 42.7 Å². The van der Waals surface area contributed by atoms with E-state index in [0.29, 0.717) is 0 Å². The maximum absolute atomic E-state index is 9.69. The third kappa shape index (κ3) is 2.31. The van der Waals surface area contributed by atoms with Crippen LogP contribution in [-0.2, 0) is 0 Å². The summed E-state index contributed by atoms with van der Waals surface area (Å²) in [6.07, 6.45) is 5.59. The van der Waals surface area contributed by atoms with Crippen molar-refractivity contribution < 1.29 is 10.2 Å². The number of rotatable bonds is 3. The summed E-state index contributed by atoms with van der Waals surface area (Å²) in [6.45, 7) is 1.05. The molecule has 1 aromatic carbocycles. The first-order valence-corrected chi connectivity index (χ1v) is 7.77. The van der Waals surface area contributed by atoms with Gasteiger partial charge in [0.2, 0.25) is 0 Å². The molecule has 2 aromatic heterocycles. The first-order valence-electron chi connectivity index (χ1n) is 7.77. The lowest BCUT2D eigenvalue weighted by Gasteiger charge is -2.25. The monoisotopic (exact) mass is 310 g/mol. The fourth-order valence-electron chi connectivity index (χ4n) is 3.30. The summed E-state index contributed by atoms with van der Waals surface area (Å²) in [5.74, 6) is 1.16. The van der Waals surface area contributed by atoms with Gasteiger partial charge in [-0.15, -0.1) is 0 Å². The maximum atomic E-state index is 9.69. The molecule has 0 unspecified atom stereocenters. The predicted octanol–water partition coefficient (Wildman–Crippen LogP) is 2.06. The van der Waals surface area contributed by atoms with Gasteiger partial charge in [0, 0.05) is 18.3 Å². The van der Waals surface area contributed by atoms with Gasteiger partial charge in [-0.2, -0.15) is 9.61 Å². The van der Waals surface area contributed by atoms with Crippen LogP contribution >= 0.6 is 0 Å². The van der Waals surface area contributed by atoms with Gasteiger partial charge in [0.15, 0.2) is 5.65 Å². The van der Waals surface area contributed by atoms with Gasteiger partial charge in [0.1, 0.15) is 11.6 Å².